The van der Waals surface area contributed by atoms with Crippen LogP contribution in [0.25, 0.3) is 0 Å². The van der Waals surface area contributed by atoms with Gasteiger partial charge in [0.05, 0.1) is 11.5 Å². The van der Waals surface area contributed by atoms with Crippen molar-refractivity contribution in [3.05, 3.63) is 48.0 Å². The molecule has 1 aromatic heterocycles. The van der Waals surface area contributed by atoms with Gasteiger partial charge in [0.1, 0.15) is 11.9 Å². The maximum absolute atomic E-state index is 10.8. The summed E-state index contributed by atoms with van der Waals surface area (Å²) in [4.78, 5) is 4.18. The zero-order valence-electron chi connectivity index (χ0n) is 12.0. The second-order valence-corrected chi connectivity index (χ2v) is 5.83. The fraction of sp³-hybridized carbons (Fsp3) is 0.438. The van der Waals surface area contributed by atoms with Crippen molar-refractivity contribution in [3.63, 3.8) is 0 Å². The molecule has 3 rings (SSSR count). The van der Waals surface area contributed by atoms with E-state index in [9.17, 15) is 10.4 Å². The minimum Gasteiger partial charge on any atom is -0.382 e. The second-order valence-electron chi connectivity index (χ2n) is 5.83. The molecule has 1 heterocycles. The summed E-state index contributed by atoms with van der Waals surface area (Å²) in [5.74, 6) is 0.463. The Balaban J connectivity index is 1.85. The molecule has 5 heteroatoms. The number of nitriles is 1. The van der Waals surface area contributed by atoms with E-state index in [-0.39, 0.29) is 0 Å². The molecule has 0 atom stereocenters. The fourth-order valence-corrected chi connectivity index (χ4v) is 3.09. The first-order valence-electron chi connectivity index (χ1n) is 7.13. The van der Waals surface area contributed by atoms with Crippen LogP contribution in [0, 0.1) is 11.3 Å². The summed E-state index contributed by atoms with van der Waals surface area (Å²) in [7, 11) is 1.78. The predicted molar refractivity (Wildman–Crippen MR) is 77.1 cm³/mol. The maximum Gasteiger partial charge on any atom is 0.182 e. The number of hydrogen-bond acceptors (Lipinski definition) is 4. The van der Waals surface area contributed by atoms with E-state index in [2.05, 4.69) is 16.2 Å². The van der Waals surface area contributed by atoms with Gasteiger partial charge < -0.3 is 5.11 Å². The highest BCUT2D eigenvalue weighted by molar-refractivity contribution is 5.33. The molecular weight excluding hydrogens is 264 g/mol. The summed E-state index contributed by atoms with van der Waals surface area (Å²) in [5.41, 5.74) is -0.498. The largest absolute Gasteiger partial charge is 0.382 e. The van der Waals surface area contributed by atoms with E-state index in [0.29, 0.717) is 31.5 Å². The first kappa shape index (κ1) is 13.8. The lowest BCUT2D eigenvalue weighted by Gasteiger charge is -2.39. The number of aliphatic hydroxyl groups is 1. The Morgan fingerprint density at radius 3 is 2.38 bits per heavy atom. The number of aromatic nitrogens is 3. The topological polar surface area (TPSA) is 74.7 Å². The highest BCUT2D eigenvalue weighted by atomic mass is 16.3. The number of benzene rings is 1. The van der Waals surface area contributed by atoms with Crippen LogP contribution in [0.15, 0.2) is 36.7 Å². The van der Waals surface area contributed by atoms with Crippen LogP contribution < -0.4 is 0 Å². The third-order valence-corrected chi connectivity index (χ3v) is 4.49. The van der Waals surface area contributed by atoms with Crippen molar-refractivity contribution in [1.29, 1.82) is 5.26 Å². The molecule has 1 fully saturated rings. The molecule has 1 aromatic carbocycles. The first-order valence-corrected chi connectivity index (χ1v) is 7.13. The Labute approximate surface area is 123 Å². The Bertz CT molecular complexity index is 663. The minimum atomic E-state index is -1.02. The van der Waals surface area contributed by atoms with Gasteiger partial charge in [0.15, 0.2) is 5.82 Å². The number of rotatable bonds is 2. The lowest BCUT2D eigenvalue weighted by atomic mass is 9.66. The SMILES string of the molecule is Cn1cnc([C@]2(O)CC[C@](C#N)(c3ccccc3)CC2)n1. The van der Waals surface area contributed by atoms with E-state index in [1.807, 2.05) is 30.3 Å². The minimum absolute atomic E-state index is 0.463. The molecule has 2 aromatic rings. The highest BCUT2D eigenvalue weighted by Gasteiger charge is 2.45. The van der Waals surface area contributed by atoms with Crippen molar-refractivity contribution in [2.24, 2.45) is 7.05 Å². The van der Waals surface area contributed by atoms with Crippen LogP contribution >= 0.6 is 0 Å². The van der Waals surface area contributed by atoms with Gasteiger partial charge in [-0.1, -0.05) is 30.3 Å². The van der Waals surface area contributed by atoms with Gasteiger partial charge in [-0.3, -0.25) is 4.68 Å². The smallest absolute Gasteiger partial charge is 0.182 e. The number of nitrogens with zero attached hydrogens (tertiary/aromatic N) is 4. The molecule has 0 radical (unpaired) electrons. The second kappa shape index (κ2) is 4.97. The Kier molecular flexibility index (Phi) is 3.26. The summed E-state index contributed by atoms with van der Waals surface area (Å²) in [5, 5.41) is 24.7. The van der Waals surface area contributed by atoms with Gasteiger partial charge in [-0.05, 0) is 31.2 Å². The highest BCUT2D eigenvalue weighted by Crippen LogP contribution is 2.45. The van der Waals surface area contributed by atoms with Gasteiger partial charge in [0.25, 0.3) is 0 Å². The Morgan fingerprint density at radius 1 is 1.19 bits per heavy atom. The van der Waals surface area contributed by atoms with Gasteiger partial charge in [0, 0.05) is 7.05 Å². The van der Waals surface area contributed by atoms with Gasteiger partial charge >= 0.3 is 0 Å². The summed E-state index contributed by atoms with van der Waals surface area (Å²) in [6, 6.07) is 12.3. The molecule has 1 aliphatic rings. The van der Waals surface area contributed by atoms with Crippen molar-refractivity contribution >= 4 is 0 Å². The maximum atomic E-state index is 10.8. The zero-order valence-corrected chi connectivity index (χ0v) is 12.0. The van der Waals surface area contributed by atoms with Crippen molar-refractivity contribution in [2.75, 3.05) is 0 Å². The molecule has 21 heavy (non-hydrogen) atoms. The normalized spacial score (nSPS) is 29.0. The van der Waals surface area contributed by atoms with Crippen LogP contribution in [-0.4, -0.2) is 19.9 Å². The van der Waals surface area contributed by atoms with Crippen LogP contribution in [0.3, 0.4) is 0 Å². The molecule has 1 aliphatic carbocycles. The van der Waals surface area contributed by atoms with Crippen molar-refractivity contribution in [1.82, 2.24) is 14.8 Å². The van der Waals surface area contributed by atoms with Gasteiger partial charge in [-0.2, -0.15) is 10.4 Å². The van der Waals surface area contributed by atoms with Crippen LogP contribution in [-0.2, 0) is 18.1 Å². The lowest BCUT2D eigenvalue weighted by Crippen LogP contribution is -2.39. The van der Waals surface area contributed by atoms with E-state index in [4.69, 9.17) is 0 Å². The molecule has 0 unspecified atom stereocenters. The average molecular weight is 282 g/mol. The molecule has 1 N–H and O–H groups in total. The van der Waals surface area contributed by atoms with E-state index in [1.165, 1.54) is 0 Å². The number of aryl methyl sites for hydroxylation is 1. The van der Waals surface area contributed by atoms with Gasteiger partial charge in [-0.15, -0.1) is 0 Å². The summed E-state index contributed by atoms with van der Waals surface area (Å²) >= 11 is 0. The monoisotopic (exact) mass is 282 g/mol. The van der Waals surface area contributed by atoms with Gasteiger partial charge in [-0.25, -0.2) is 4.98 Å². The van der Waals surface area contributed by atoms with E-state index >= 15 is 0 Å². The van der Waals surface area contributed by atoms with Crippen molar-refractivity contribution in [2.45, 2.75) is 36.7 Å². The molecule has 1 saturated carbocycles. The van der Waals surface area contributed by atoms with E-state index in [1.54, 1.807) is 18.1 Å². The lowest BCUT2D eigenvalue weighted by molar-refractivity contribution is -0.0215. The van der Waals surface area contributed by atoms with E-state index < -0.39 is 11.0 Å². The first-order chi connectivity index (χ1) is 10.1. The Hall–Kier alpha value is -2.19. The van der Waals surface area contributed by atoms with Crippen molar-refractivity contribution < 1.29 is 5.11 Å². The summed E-state index contributed by atoms with van der Waals surface area (Å²) in [6.07, 6.45) is 3.82. The molecule has 0 spiro atoms. The third-order valence-electron chi connectivity index (χ3n) is 4.49. The van der Waals surface area contributed by atoms with Crippen LogP contribution in [0.1, 0.15) is 37.1 Å². The molecule has 5 nitrogen and oxygen atoms in total. The fourth-order valence-electron chi connectivity index (χ4n) is 3.09. The molecule has 108 valence electrons. The molecule has 0 saturated heterocycles. The van der Waals surface area contributed by atoms with Crippen LogP contribution in [0.4, 0.5) is 0 Å². The van der Waals surface area contributed by atoms with E-state index in [0.717, 1.165) is 5.56 Å². The molecule has 0 bridgehead atoms. The molecule has 0 amide bonds. The van der Waals surface area contributed by atoms with Crippen LogP contribution in [0.5, 0.6) is 0 Å². The molecule has 0 aliphatic heterocycles. The third kappa shape index (κ3) is 2.32. The van der Waals surface area contributed by atoms with Gasteiger partial charge in [0.2, 0.25) is 0 Å². The quantitative estimate of drug-likeness (QED) is 0.914. The van der Waals surface area contributed by atoms with Crippen molar-refractivity contribution in [3.8, 4) is 6.07 Å². The predicted octanol–water partition coefficient (Wildman–Crippen LogP) is 2.04. The number of hydrogen-bond donors (Lipinski definition) is 1. The van der Waals surface area contributed by atoms with Crippen LogP contribution in [0.2, 0.25) is 0 Å². The average Bonchev–Trinajstić information content (AvgIpc) is 2.97. The summed E-state index contributed by atoms with van der Waals surface area (Å²) in [6.45, 7) is 0. The standard InChI is InChI=1S/C16H18N4O/c1-20-12-18-14(19-20)16(21)9-7-15(11-17,8-10-16)13-5-3-2-4-6-13/h2-6,12,21H,7-10H2,1H3/t15-,16-. The Morgan fingerprint density at radius 2 is 1.86 bits per heavy atom. The zero-order chi connectivity index (χ0) is 14.9. The molecular formula is C16H18N4O. The summed E-state index contributed by atoms with van der Waals surface area (Å²) < 4.78 is 1.59.